The smallest absolute Gasteiger partial charge is 0.326 e. The lowest BCUT2D eigenvalue weighted by Gasteiger charge is -2.28. The number of carboxylic acid groups (broad SMARTS) is 2. The van der Waals surface area contributed by atoms with Gasteiger partial charge in [0.1, 0.15) is 29.9 Å². The number of hydrogen-bond acceptors (Lipinski definition) is 9. The van der Waals surface area contributed by atoms with Gasteiger partial charge in [0.05, 0.1) is 6.04 Å². The second-order valence-corrected chi connectivity index (χ2v) is 10.6. The van der Waals surface area contributed by atoms with Crippen LogP contribution in [0.3, 0.4) is 0 Å². The summed E-state index contributed by atoms with van der Waals surface area (Å²) in [7, 11) is 0. The molecule has 0 saturated heterocycles. The van der Waals surface area contributed by atoms with E-state index in [1.54, 1.807) is 13.8 Å². The van der Waals surface area contributed by atoms with Crippen molar-refractivity contribution < 1.29 is 44.1 Å². The van der Waals surface area contributed by atoms with E-state index in [-0.39, 0.29) is 25.0 Å². The number of aromatic hydroxyl groups is 1. The first-order valence-electron chi connectivity index (χ1n) is 14.1. The summed E-state index contributed by atoms with van der Waals surface area (Å²) in [6.45, 7) is 5.00. The third kappa shape index (κ3) is 13.5. The van der Waals surface area contributed by atoms with Gasteiger partial charge in [-0.3, -0.25) is 24.0 Å². The molecule has 0 fully saturated rings. The Morgan fingerprint density at radius 3 is 1.81 bits per heavy atom. The van der Waals surface area contributed by atoms with Crippen LogP contribution in [0, 0.1) is 5.92 Å². The van der Waals surface area contributed by atoms with Crippen molar-refractivity contribution in [3.05, 3.63) is 29.8 Å². The average molecular weight is 609 g/mol. The Labute approximate surface area is 250 Å². The van der Waals surface area contributed by atoms with Gasteiger partial charge in [-0.15, -0.1) is 0 Å². The van der Waals surface area contributed by atoms with Crippen LogP contribution in [-0.4, -0.2) is 87.6 Å². The maximum atomic E-state index is 13.5. The van der Waals surface area contributed by atoms with E-state index >= 15 is 0 Å². The van der Waals surface area contributed by atoms with Crippen molar-refractivity contribution in [3.63, 3.8) is 0 Å². The van der Waals surface area contributed by atoms with Gasteiger partial charge in [0, 0.05) is 12.8 Å². The number of aliphatic carboxylic acids is 2. The molecule has 0 bridgehead atoms. The molecule has 0 saturated carbocycles. The molecule has 0 aliphatic rings. The first kappa shape index (κ1) is 36.8. The van der Waals surface area contributed by atoms with Gasteiger partial charge < -0.3 is 48.1 Å². The molecule has 5 atom stereocenters. The van der Waals surface area contributed by atoms with Gasteiger partial charge in [-0.25, -0.2) is 4.79 Å². The lowest BCUT2D eigenvalue weighted by atomic mass is 9.99. The minimum atomic E-state index is -1.30. The molecule has 240 valence electrons. The Morgan fingerprint density at radius 2 is 1.30 bits per heavy atom. The summed E-state index contributed by atoms with van der Waals surface area (Å²) >= 11 is 0. The number of nitrogens with two attached hydrogens (primary N) is 2. The van der Waals surface area contributed by atoms with Gasteiger partial charge in [0.25, 0.3) is 0 Å². The topological polar surface area (TPSA) is 263 Å². The van der Waals surface area contributed by atoms with Crippen molar-refractivity contribution in [2.75, 3.05) is 6.54 Å². The Morgan fingerprint density at radius 1 is 0.744 bits per heavy atom. The summed E-state index contributed by atoms with van der Waals surface area (Å²) in [6, 6.07) is -0.149. The molecule has 43 heavy (non-hydrogen) atoms. The van der Waals surface area contributed by atoms with Crippen LogP contribution >= 0.6 is 0 Å². The van der Waals surface area contributed by atoms with E-state index in [9.17, 15) is 39.0 Å². The molecule has 11 N–H and O–H groups in total. The number of rotatable bonds is 19. The van der Waals surface area contributed by atoms with E-state index < -0.39 is 78.1 Å². The fourth-order valence-electron chi connectivity index (χ4n) is 3.99. The fourth-order valence-corrected chi connectivity index (χ4v) is 3.99. The molecule has 0 spiro atoms. The van der Waals surface area contributed by atoms with Crippen LogP contribution < -0.4 is 32.7 Å². The van der Waals surface area contributed by atoms with Crippen LogP contribution in [0.1, 0.15) is 58.4 Å². The molecular formula is C28H44N6O9. The fraction of sp³-hybridized carbons (Fsp3) is 0.571. The highest BCUT2D eigenvalue weighted by Crippen LogP contribution is 2.13. The number of hydrogen-bond donors (Lipinski definition) is 9. The van der Waals surface area contributed by atoms with Crippen LogP contribution in [0.2, 0.25) is 0 Å². The van der Waals surface area contributed by atoms with Crippen LogP contribution in [-0.2, 0) is 35.2 Å². The zero-order chi connectivity index (χ0) is 32.7. The molecule has 0 aliphatic heterocycles. The predicted molar refractivity (Wildman–Crippen MR) is 155 cm³/mol. The highest BCUT2D eigenvalue weighted by Gasteiger charge is 2.33. The van der Waals surface area contributed by atoms with Crippen LogP contribution in [0.4, 0.5) is 0 Å². The lowest BCUT2D eigenvalue weighted by molar-refractivity contribution is -0.142. The van der Waals surface area contributed by atoms with Gasteiger partial charge in [-0.2, -0.15) is 0 Å². The second-order valence-electron chi connectivity index (χ2n) is 10.6. The third-order valence-corrected chi connectivity index (χ3v) is 6.51. The zero-order valence-electron chi connectivity index (χ0n) is 24.7. The molecule has 1 rings (SSSR count). The van der Waals surface area contributed by atoms with E-state index in [0.29, 0.717) is 24.9 Å². The lowest BCUT2D eigenvalue weighted by Crippen LogP contribution is -2.60. The summed E-state index contributed by atoms with van der Waals surface area (Å²) in [5.41, 5.74) is 11.6. The van der Waals surface area contributed by atoms with Crippen LogP contribution in [0.15, 0.2) is 24.3 Å². The minimum Gasteiger partial charge on any atom is -0.508 e. The Hall–Kier alpha value is -4.24. The number of amides is 4. The van der Waals surface area contributed by atoms with Crippen molar-refractivity contribution in [1.82, 2.24) is 21.3 Å². The Balaban J connectivity index is 3.21. The molecule has 0 radical (unpaired) electrons. The first-order chi connectivity index (χ1) is 20.2. The quantitative estimate of drug-likeness (QED) is 0.0856. The number of carbonyl (C=O) groups is 6. The summed E-state index contributed by atoms with van der Waals surface area (Å²) in [6.07, 6.45) is 0.346. The zero-order valence-corrected chi connectivity index (χ0v) is 24.7. The maximum absolute atomic E-state index is 13.5. The third-order valence-electron chi connectivity index (χ3n) is 6.51. The molecule has 1 aromatic rings. The monoisotopic (exact) mass is 608 g/mol. The Kier molecular flexibility index (Phi) is 15.7. The van der Waals surface area contributed by atoms with Crippen molar-refractivity contribution in [1.29, 1.82) is 0 Å². The van der Waals surface area contributed by atoms with Gasteiger partial charge in [0.2, 0.25) is 23.6 Å². The minimum absolute atomic E-state index is 0.0178. The average Bonchev–Trinajstić information content (AvgIpc) is 2.93. The number of benzene rings is 1. The standard InChI is InChI=1S/C28H44N6O9/c1-15(2)23(34-25(39)19(11-12-22(36)37)31-24(38)16(3)30)27(41)33-21(14-17-7-9-18(35)10-8-17)26(40)32-20(28(42)43)6-4-5-13-29/h7-10,15-16,19-21,23,35H,4-6,11-14,29-30H2,1-3H3,(H,31,38)(H,32,40)(H,33,41)(H,34,39)(H,36,37)(H,42,43)/t16-,19-,20-,21-,23-/m0/s1. The molecule has 0 unspecified atom stereocenters. The van der Waals surface area contributed by atoms with Gasteiger partial charge >= 0.3 is 11.9 Å². The molecule has 1 aromatic carbocycles. The van der Waals surface area contributed by atoms with E-state index in [4.69, 9.17) is 16.6 Å². The largest absolute Gasteiger partial charge is 0.508 e. The summed E-state index contributed by atoms with van der Waals surface area (Å²) < 4.78 is 0. The highest BCUT2D eigenvalue weighted by atomic mass is 16.4. The van der Waals surface area contributed by atoms with E-state index in [1.165, 1.54) is 31.2 Å². The van der Waals surface area contributed by atoms with E-state index in [1.807, 2.05) is 0 Å². The van der Waals surface area contributed by atoms with Crippen molar-refractivity contribution in [3.8, 4) is 5.75 Å². The van der Waals surface area contributed by atoms with Gasteiger partial charge in [0.15, 0.2) is 0 Å². The van der Waals surface area contributed by atoms with Crippen molar-refractivity contribution in [2.24, 2.45) is 17.4 Å². The van der Waals surface area contributed by atoms with Crippen LogP contribution in [0.5, 0.6) is 5.75 Å². The van der Waals surface area contributed by atoms with Crippen molar-refractivity contribution >= 4 is 35.6 Å². The molecule has 0 heterocycles. The van der Waals surface area contributed by atoms with Crippen molar-refractivity contribution in [2.45, 2.75) is 89.5 Å². The SMILES string of the molecule is CC(C)[C@H](NC(=O)[C@H](CCC(=O)O)NC(=O)[C@H](C)N)C(=O)N[C@@H](Cc1ccc(O)cc1)C(=O)N[C@@H](CCCCN)C(=O)O. The second kappa shape index (κ2) is 18.3. The number of phenolic OH excluding ortho intramolecular Hbond substituents is 1. The highest BCUT2D eigenvalue weighted by molar-refractivity contribution is 5.95. The van der Waals surface area contributed by atoms with Crippen LogP contribution in [0.25, 0.3) is 0 Å². The number of phenols is 1. The predicted octanol–water partition coefficient (Wildman–Crippen LogP) is -1.04. The first-order valence-corrected chi connectivity index (χ1v) is 14.1. The van der Waals surface area contributed by atoms with E-state index in [2.05, 4.69) is 21.3 Å². The van der Waals surface area contributed by atoms with Gasteiger partial charge in [-0.05, 0) is 62.8 Å². The van der Waals surface area contributed by atoms with Gasteiger partial charge in [-0.1, -0.05) is 26.0 Å². The summed E-state index contributed by atoms with van der Waals surface area (Å²) in [5.74, 6) is -6.06. The molecule has 0 aromatic heterocycles. The van der Waals surface area contributed by atoms with E-state index in [0.717, 1.165) is 0 Å². The molecule has 15 heteroatoms. The molecule has 0 aliphatic carbocycles. The number of carbonyl (C=O) groups excluding carboxylic acids is 4. The Bertz CT molecular complexity index is 1110. The summed E-state index contributed by atoms with van der Waals surface area (Å²) in [4.78, 5) is 74.9. The number of carboxylic acids is 2. The maximum Gasteiger partial charge on any atom is 0.326 e. The number of unbranched alkanes of at least 4 members (excludes halogenated alkanes) is 1. The molecular weight excluding hydrogens is 564 g/mol. The number of nitrogens with one attached hydrogen (secondary N) is 4. The molecule has 4 amide bonds. The normalized spacial score (nSPS) is 14.5. The molecule has 15 nitrogen and oxygen atoms in total. The summed E-state index contributed by atoms with van der Waals surface area (Å²) in [5, 5.41) is 38.2.